The fraction of sp³-hybridized carbons (Fsp3) is 1.00. The van der Waals surface area contributed by atoms with Crippen molar-refractivity contribution in [1.29, 1.82) is 0 Å². The molecule has 1 fully saturated rings. The first-order valence-corrected chi connectivity index (χ1v) is 3.74. The summed E-state index contributed by atoms with van der Waals surface area (Å²) >= 11 is 0. The van der Waals surface area contributed by atoms with Crippen LogP contribution in [-0.2, 0) is 4.74 Å². The van der Waals surface area contributed by atoms with Crippen molar-refractivity contribution in [1.82, 2.24) is 0 Å². The average molecular weight is 162 g/mol. The van der Waals surface area contributed by atoms with Gasteiger partial charge in [0.15, 0.2) is 6.29 Å². The van der Waals surface area contributed by atoms with Crippen LogP contribution in [0.2, 0.25) is 0 Å². The number of hydrogen-bond acceptors (Lipinski definition) is 4. The Morgan fingerprint density at radius 2 is 2.00 bits per heavy atom. The largest absolute Gasteiger partial charge is 0.385 e. The van der Waals surface area contributed by atoms with Crippen molar-refractivity contribution in [3.8, 4) is 0 Å². The first-order valence-electron chi connectivity index (χ1n) is 3.74. The Morgan fingerprint density at radius 1 is 1.45 bits per heavy atom. The van der Waals surface area contributed by atoms with E-state index < -0.39 is 24.1 Å². The highest BCUT2D eigenvalue weighted by atomic mass is 16.6. The highest BCUT2D eigenvalue weighted by Crippen LogP contribution is 2.31. The van der Waals surface area contributed by atoms with Crippen LogP contribution in [0.4, 0.5) is 0 Å². The van der Waals surface area contributed by atoms with Gasteiger partial charge >= 0.3 is 0 Å². The van der Waals surface area contributed by atoms with E-state index in [0.717, 1.165) is 0 Å². The summed E-state index contributed by atoms with van der Waals surface area (Å²) in [6.45, 7) is 3.28. The van der Waals surface area contributed by atoms with Gasteiger partial charge in [0.2, 0.25) is 0 Å². The van der Waals surface area contributed by atoms with Crippen molar-refractivity contribution >= 4 is 0 Å². The second-order valence-corrected chi connectivity index (χ2v) is 3.09. The van der Waals surface area contributed by atoms with Crippen molar-refractivity contribution in [2.24, 2.45) is 0 Å². The van der Waals surface area contributed by atoms with E-state index in [0.29, 0.717) is 6.42 Å². The van der Waals surface area contributed by atoms with Gasteiger partial charge in [-0.2, -0.15) is 0 Å². The molecular formula is C7H14O4. The maximum atomic E-state index is 9.56. The van der Waals surface area contributed by atoms with E-state index in [4.69, 9.17) is 9.84 Å². The zero-order valence-corrected chi connectivity index (χ0v) is 6.69. The molecule has 4 atom stereocenters. The highest BCUT2D eigenvalue weighted by Gasteiger charge is 2.50. The molecule has 1 unspecified atom stereocenters. The van der Waals surface area contributed by atoms with Gasteiger partial charge in [0.1, 0.15) is 11.7 Å². The van der Waals surface area contributed by atoms with E-state index in [1.165, 1.54) is 6.92 Å². The molecule has 0 amide bonds. The van der Waals surface area contributed by atoms with Crippen molar-refractivity contribution in [2.45, 2.75) is 44.4 Å². The molecule has 3 N–H and O–H groups in total. The average Bonchev–Trinajstić information content (AvgIpc) is 2.13. The van der Waals surface area contributed by atoms with Crippen LogP contribution in [0.1, 0.15) is 20.3 Å². The summed E-state index contributed by atoms with van der Waals surface area (Å²) < 4.78 is 4.89. The Bertz CT molecular complexity index is 145. The predicted molar refractivity (Wildman–Crippen MR) is 37.8 cm³/mol. The summed E-state index contributed by atoms with van der Waals surface area (Å²) in [5, 5.41) is 27.8. The third-order valence-electron chi connectivity index (χ3n) is 2.20. The van der Waals surface area contributed by atoms with Crippen LogP contribution in [0, 0.1) is 0 Å². The number of rotatable bonds is 1. The molecule has 0 aromatic carbocycles. The number of hydrogen-bond donors (Lipinski definition) is 3. The molecule has 0 spiro atoms. The van der Waals surface area contributed by atoms with Gasteiger partial charge in [0, 0.05) is 0 Å². The van der Waals surface area contributed by atoms with Gasteiger partial charge in [-0.1, -0.05) is 6.92 Å². The van der Waals surface area contributed by atoms with Crippen LogP contribution in [0.5, 0.6) is 0 Å². The molecule has 4 nitrogen and oxygen atoms in total. The number of aliphatic hydroxyl groups excluding tert-OH is 2. The van der Waals surface area contributed by atoms with Crippen molar-refractivity contribution < 1.29 is 20.1 Å². The van der Waals surface area contributed by atoms with E-state index in [9.17, 15) is 10.2 Å². The molecule has 0 aromatic heterocycles. The molecule has 0 radical (unpaired) electrons. The second-order valence-electron chi connectivity index (χ2n) is 3.09. The maximum Gasteiger partial charge on any atom is 0.184 e. The Labute approximate surface area is 65.4 Å². The molecular weight excluding hydrogens is 148 g/mol. The fourth-order valence-electron chi connectivity index (χ4n) is 1.37. The molecule has 1 aliphatic heterocycles. The van der Waals surface area contributed by atoms with Crippen molar-refractivity contribution in [3.63, 3.8) is 0 Å². The van der Waals surface area contributed by atoms with Crippen LogP contribution >= 0.6 is 0 Å². The molecule has 1 rings (SSSR count). The molecule has 66 valence electrons. The molecule has 0 aliphatic carbocycles. The van der Waals surface area contributed by atoms with Gasteiger partial charge in [-0.15, -0.1) is 0 Å². The minimum Gasteiger partial charge on any atom is -0.385 e. The topological polar surface area (TPSA) is 69.9 Å². The lowest BCUT2D eigenvalue weighted by atomic mass is 9.94. The van der Waals surface area contributed by atoms with E-state index in [1.54, 1.807) is 0 Å². The van der Waals surface area contributed by atoms with Crippen molar-refractivity contribution in [3.05, 3.63) is 0 Å². The summed E-state index contributed by atoms with van der Waals surface area (Å²) in [6, 6.07) is 0. The maximum absolute atomic E-state index is 9.56. The third kappa shape index (κ3) is 1.27. The number of ether oxygens (including phenoxy) is 1. The molecule has 1 heterocycles. The summed E-state index contributed by atoms with van der Waals surface area (Å²) in [5.41, 5.74) is -1.33. The van der Waals surface area contributed by atoms with E-state index >= 15 is 0 Å². The standard InChI is InChI=1S/C7H14O4/c1-3-4-7(2,10)5(8)6(9)11-4/h4-6,8-10H,3H2,1-2H3/t4-,5+,6?,7-/m1/s1. The molecule has 1 aliphatic rings. The molecule has 1 saturated heterocycles. The predicted octanol–water partition coefficient (Wildman–Crippen LogP) is -0.774. The van der Waals surface area contributed by atoms with Crippen LogP contribution in [0.15, 0.2) is 0 Å². The first-order chi connectivity index (χ1) is 5.00. The van der Waals surface area contributed by atoms with Gasteiger partial charge < -0.3 is 20.1 Å². The van der Waals surface area contributed by atoms with Gasteiger partial charge in [-0.25, -0.2) is 0 Å². The zero-order valence-electron chi connectivity index (χ0n) is 6.69. The van der Waals surface area contributed by atoms with Crippen LogP contribution in [-0.4, -0.2) is 39.4 Å². The van der Waals surface area contributed by atoms with E-state index in [2.05, 4.69) is 0 Å². The van der Waals surface area contributed by atoms with Crippen molar-refractivity contribution in [2.75, 3.05) is 0 Å². The first kappa shape index (κ1) is 8.93. The minimum absolute atomic E-state index is 0.479. The molecule has 0 aromatic rings. The SMILES string of the molecule is CC[C@H]1OC(O)[C@H](O)[C@]1(C)O. The lowest BCUT2D eigenvalue weighted by Crippen LogP contribution is -2.45. The highest BCUT2D eigenvalue weighted by molar-refractivity contribution is 4.96. The van der Waals surface area contributed by atoms with E-state index in [1.807, 2.05) is 6.92 Å². The van der Waals surface area contributed by atoms with E-state index in [-0.39, 0.29) is 0 Å². The van der Waals surface area contributed by atoms with Crippen LogP contribution in [0.3, 0.4) is 0 Å². The Balaban J connectivity index is 2.74. The summed E-state index contributed by atoms with van der Waals surface area (Å²) in [5.74, 6) is 0. The summed E-state index contributed by atoms with van der Waals surface area (Å²) in [4.78, 5) is 0. The number of aliphatic hydroxyl groups is 3. The quantitative estimate of drug-likeness (QED) is 0.473. The van der Waals surface area contributed by atoms with Crippen LogP contribution < -0.4 is 0 Å². The molecule has 0 saturated carbocycles. The van der Waals surface area contributed by atoms with Gasteiger partial charge in [-0.3, -0.25) is 0 Å². The van der Waals surface area contributed by atoms with Gasteiger partial charge in [0.05, 0.1) is 6.10 Å². The Hall–Kier alpha value is -0.160. The second kappa shape index (κ2) is 2.71. The smallest absolute Gasteiger partial charge is 0.184 e. The van der Waals surface area contributed by atoms with Crippen LogP contribution in [0.25, 0.3) is 0 Å². The normalized spacial score (nSPS) is 51.5. The Kier molecular flexibility index (Phi) is 2.20. The Morgan fingerprint density at radius 3 is 2.18 bits per heavy atom. The lowest BCUT2D eigenvalue weighted by molar-refractivity contribution is -0.127. The molecule has 4 heteroatoms. The fourth-order valence-corrected chi connectivity index (χ4v) is 1.37. The summed E-state index contributed by atoms with van der Waals surface area (Å²) in [7, 11) is 0. The van der Waals surface area contributed by atoms with Gasteiger partial charge in [-0.05, 0) is 13.3 Å². The lowest BCUT2D eigenvalue weighted by Gasteiger charge is -2.24. The monoisotopic (exact) mass is 162 g/mol. The molecule has 11 heavy (non-hydrogen) atoms. The van der Waals surface area contributed by atoms with Gasteiger partial charge in [0.25, 0.3) is 0 Å². The minimum atomic E-state index is -1.33. The third-order valence-corrected chi connectivity index (χ3v) is 2.20. The zero-order chi connectivity index (χ0) is 8.65. The molecule has 0 bridgehead atoms. The summed E-state index contributed by atoms with van der Waals surface area (Å²) in [6.07, 6.45) is -2.36.